The second-order valence-electron chi connectivity index (χ2n) is 6.78. The van der Waals surface area contributed by atoms with Gasteiger partial charge in [0.05, 0.1) is 5.92 Å². The summed E-state index contributed by atoms with van der Waals surface area (Å²) < 4.78 is 0. The Morgan fingerprint density at radius 3 is 2.22 bits per heavy atom. The highest BCUT2D eigenvalue weighted by atomic mass is 16.4. The van der Waals surface area contributed by atoms with Crippen LogP contribution in [0.5, 0.6) is 0 Å². The molecule has 1 unspecified atom stereocenters. The lowest BCUT2D eigenvalue weighted by Crippen LogP contribution is -2.51. The van der Waals surface area contributed by atoms with Gasteiger partial charge in [-0.2, -0.15) is 0 Å². The molecular formula is C15H27NO2. The highest BCUT2D eigenvalue weighted by Crippen LogP contribution is 2.37. The average Bonchev–Trinajstić information content (AvgIpc) is 2.55. The lowest BCUT2D eigenvalue weighted by Gasteiger charge is -2.45. The standard InChI is InChI=1S/C15H27NO2/c1-15(2)11-16(10-9-13(15)14(17)18)12-7-5-3-4-6-8-12/h12-13H,3-11H2,1-2H3,(H,17,18). The molecule has 1 saturated carbocycles. The van der Waals surface area contributed by atoms with E-state index in [1.54, 1.807) is 0 Å². The highest BCUT2D eigenvalue weighted by Gasteiger charge is 2.41. The van der Waals surface area contributed by atoms with E-state index in [4.69, 9.17) is 0 Å². The third-order valence-corrected chi connectivity index (χ3v) is 4.90. The number of rotatable bonds is 2. The first-order valence-corrected chi connectivity index (χ1v) is 7.47. The Balaban J connectivity index is 1.98. The molecule has 0 bridgehead atoms. The summed E-state index contributed by atoms with van der Waals surface area (Å²) in [7, 11) is 0. The van der Waals surface area contributed by atoms with Crippen molar-refractivity contribution < 1.29 is 9.90 Å². The van der Waals surface area contributed by atoms with Gasteiger partial charge in [-0.25, -0.2) is 0 Å². The second-order valence-corrected chi connectivity index (χ2v) is 6.78. The van der Waals surface area contributed by atoms with Crippen LogP contribution in [0.3, 0.4) is 0 Å². The van der Waals surface area contributed by atoms with Crippen molar-refractivity contribution in [3.63, 3.8) is 0 Å². The van der Waals surface area contributed by atoms with Crippen molar-refractivity contribution in [1.82, 2.24) is 4.90 Å². The van der Waals surface area contributed by atoms with Crippen LogP contribution >= 0.6 is 0 Å². The molecule has 0 spiro atoms. The number of likely N-dealkylation sites (tertiary alicyclic amines) is 1. The summed E-state index contributed by atoms with van der Waals surface area (Å²) in [6.07, 6.45) is 8.91. The van der Waals surface area contributed by atoms with E-state index >= 15 is 0 Å². The molecule has 2 fully saturated rings. The van der Waals surface area contributed by atoms with Gasteiger partial charge in [0.25, 0.3) is 0 Å². The SMILES string of the molecule is CC1(C)CN(C2CCCCCC2)CCC1C(=O)O. The fourth-order valence-corrected chi connectivity index (χ4v) is 3.79. The van der Waals surface area contributed by atoms with Crippen LogP contribution in [-0.4, -0.2) is 35.1 Å². The minimum atomic E-state index is -0.611. The number of aliphatic carboxylic acids is 1. The Hall–Kier alpha value is -0.570. The molecule has 0 aromatic heterocycles. The van der Waals surface area contributed by atoms with Gasteiger partial charge in [0.15, 0.2) is 0 Å². The molecule has 2 aliphatic rings. The molecule has 0 aromatic rings. The van der Waals surface area contributed by atoms with Gasteiger partial charge in [0.1, 0.15) is 0 Å². The zero-order valence-corrected chi connectivity index (χ0v) is 11.8. The van der Waals surface area contributed by atoms with Gasteiger partial charge in [0.2, 0.25) is 0 Å². The molecule has 1 atom stereocenters. The fourth-order valence-electron chi connectivity index (χ4n) is 3.79. The summed E-state index contributed by atoms with van der Waals surface area (Å²) in [5.41, 5.74) is -0.0869. The molecule has 18 heavy (non-hydrogen) atoms. The highest BCUT2D eigenvalue weighted by molar-refractivity contribution is 5.71. The van der Waals surface area contributed by atoms with Crippen LogP contribution in [0.4, 0.5) is 0 Å². The Labute approximate surface area is 111 Å². The molecule has 104 valence electrons. The maximum atomic E-state index is 11.3. The molecule has 0 radical (unpaired) electrons. The summed E-state index contributed by atoms with van der Waals surface area (Å²) in [5, 5.41) is 9.30. The van der Waals surface area contributed by atoms with Crippen LogP contribution in [0.1, 0.15) is 58.8 Å². The summed E-state index contributed by atoms with van der Waals surface area (Å²) in [4.78, 5) is 13.9. The minimum Gasteiger partial charge on any atom is -0.481 e. The van der Waals surface area contributed by atoms with Gasteiger partial charge in [-0.15, -0.1) is 0 Å². The van der Waals surface area contributed by atoms with E-state index in [1.807, 2.05) is 0 Å². The van der Waals surface area contributed by atoms with E-state index in [9.17, 15) is 9.90 Å². The Morgan fingerprint density at radius 2 is 1.72 bits per heavy atom. The zero-order chi connectivity index (χ0) is 13.2. The molecule has 3 nitrogen and oxygen atoms in total. The van der Waals surface area contributed by atoms with Gasteiger partial charge in [0, 0.05) is 12.6 Å². The molecule has 1 heterocycles. The molecule has 1 N–H and O–H groups in total. The largest absolute Gasteiger partial charge is 0.481 e. The topological polar surface area (TPSA) is 40.5 Å². The van der Waals surface area contributed by atoms with Crippen molar-refractivity contribution in [2.75, 3.05) is 13.1 Å². The van der Waals surface area contributed by atoms with Crippen molar-refractivity contribution in [1.29, 1.82) is 0 Å². The maximum absolute atomic E-state index is 11.3. The normalized spacial score (nSPS) is 30.9. The first-order chi connectivity index (χ1) is 8.50. The predicted octanol–water partition coefficient (Wildman–Crippen LogP) is 3.14. The van der Waals surface area contributed by atoms with Crippen LogP contribution in [0.2, 0.25) is 0 Å². The third-order valence-electron chi connectivity index (χ3n) is 4.90. The number of hydrogen-bond acceptors (Lipinski definition) is 2. The first kappa shape index (κ1) is 13.9. The lowest BCUT2D eigenvalue weighted by atomic mass is 9.73. The number of nitrogens with zero attached hydrogens (tertiary/aromatic N) is 1. The van der Waals surface area contributed by atoms with Crippen molar-refractivity contribution in [3.05, 3.63) is 0 Å². The smallest absolute Gasteiger partial charge is 0.307 e. The van der Waals surface area contributed by atoms with Crippen LogP contribution in [0.15, 0.2) is 0 Å². The molecule has 0 amide bonds. The van der Waals surface area contributed by atoms with Crippen LogP contribution in [0.25, 0.3) is 0 Å². The van der Waals surface area contributed by atoms with E-state index < -0.39 is 5.97 Å². The first-order valence-electron chi connectivity index (χ1n) is 7.47. The molecule has 3 heteroatoms. The molecule has 1 saturated heterocycles. The van der Waals surface area contributed by atoms with Crippen molar-refractivity contribution in [2.45, 2.75) is 64.8 Å². The van der Waals surface area contributed by atoms with E-state index in [0.717, 1.165) is 19.5 Å². The summed E-state index contributed by atoms with van der Waals surface area (Å²) >= 11 is 0. The van der Waals surface area contributed by atoms with Gasteiger partial charge in [-0.1, -0.05) is 39.5 Å². The number of carboxylic acid groups (broad SMARTS) is 1. The van der Waals surface area contributed by atoms with E-state index in [2.05, 4.69) is 18.7 Å². The van der Waals surface area contributed by atoms with Crippen molar-refractivity contribution in [2.24, 2.45) is 11.3 Å². The van der Waals surface area contributed by atoms with E-state index in [-0.39, 0.29) is 11.3 Å². The Bertz CT molecular complexity index is 293. The summed E-state index contributed by atoms with van der Waals surface area (Å²) in [6.45, 7) is 6.17. The fraction of sp³-hybridized carbons (Fsp3) is 0.933. The van der Waals surface area contributed by atoms with Crippen molar-refractivity contribution >= 4 is 5.97 Å². The quantitative estimate of drug-likeness (QED) is 0.769. The summed E-state index contributed by atoms with van der Waals surface area (Å²) in [6, 6.07) is 0.710. The predicted molar refractivity (Wildman–Crippen MR) is 72.6 cm³/mol. The molecule has 1 aliphatic carbocycles. The lowest BCUT2D eigenvalue weighted by molar-refractivity contribution is -0.149. The van der Waals surface area contributed by atoms with Gasteiger partial charge in [-0.3, -0.25) is 9.69 Å². The van der Waals surface area contributed by atoms with Crippen LogP contribution < -0.4 is 0 Å². The zero-order valence-electron chi connectivity index (χ0n) is 11.8. The van der Waals surface area contributed by atoms with E-state index in [0.29, 0.717) is 6.04 Å². The number of piperidine rings is 1. The number of carbonyl (C=O) groups is 1. The molecule has 2 rings (SSSR count). The number of carboxylic acids is 1. The number of hydrogen-bond donors (Lipinski definition) is 1. The molecule has 1 aliphatic heterocycles. The summed E-state index contributed by atoms with van der Waals surface area (Å²) in [5.74, 6) is -0.778. The Kier molecular flexibility index (Phi) is 4.31. The van der Waals surface area contributed by atoms with Crippen LogP contribution in [-0.2, 0) is 4.79 Å². The second kappa shape index (κ2) is 5.60. The van der Waals surface area contributed by atoms with Gasteiger partial charge < -0.3 is 5.11 Å². The molecular weight excluding hydrogens is 226 g/mol. The Morgan fingerprint density at radius 1 is 1.11 bits per heavy atom. The third kappa shape index (κ3) is 3.05. The maximum Gasteiger partial charge on any atom is 0.307 e. The van der Waals surface area contributed by atoms with Crippen LogP contribution in [0, 0.1) is 11.3 Å². The van der Waals surface area contributed by atoms with Crippen molar-refractivity contribution in [3.8, 4) is 0 Å². The minimum absolute atomic E-state index is 0.0869. The van der Waals surface area contributed by atoms with E-state index in [1.165, 1.54) is 38.5 Å². The average molecular weight is 253 g/mol. The molecule has 0 aromatic carbocycles. The monoisotopic (exact) mass is 253 g/mol. The van der Waals surface area contributed by atoms with Gasteiger partial charge >= 0.3 is 5.97 Å². The van der Waals surface area contributed by atoms with Gasteiger partial charge in [-0.05, 0) is 31.2 Å².